The number of benzene rings is 4. The van der Waals surface area contributed by atoms with Crippen molar-refractivity contribution in [3.05, 3.63) is 114 Å². The molecule has 0 aromatic heterocycles. The number of nitrogens with one attached hydrogen (secondary N) is 1. The molecule has 4 aromatic rings. The van der Waals surface area contributed by atoms with Crippen LogP contribution in [0.3, 0.4) is 0 Å². The zero-order valence-corrected chi connectivity index (χ0v) is 18.5. The van der Waals surface area contributed by atoms with Gasteiger partial charge in [0.1, 0.15) is 0 Å². The number of methoxy groups -OCH3 is 1. The average molecular weight is 450 g/mol. The summed E-state index contributed by atoms with van der Waals surface area (Å²) in [5.41, 5.74) is 4.65. The second kappa shape index (κ2) is 10.7. The van der Waals surface area contributed by atoms with Gasteiger partial charge in [0.05, 0.1) is 13.3 Å². The van der Waals surface area contributed by atoms with Gasteiger partial charge in [-0.15, -0.1) is 0 Å². The Morgan fingerprint density at radius 1 is 0.824 bits per heavy atom. The molecule has 34 heavy (non-hydrogen) atoms. The number of rotatable bonds is 7. The third-order valence-corrected chi connectivity index (χ3v) is 5.02. The number of ether oxygens (including phenoxy) is 2. The zero-order chi connectivity index (χ0) is 23.8. The van der Waals surface area contributed by atoms with Gasteiger partial charge in [-0.1, -0.05) is 66.7 Å². The van der Waals surface area contributed by atoms with Crippen molar-refractivity contribution < 1.29 is 19.1 Å². The van der Waals surface area contributed by atoms with Crippen LogP contribution in [-0.4, -0.2) is 25.2 Å². The third-order valence-electron chi connectivity index (χ3n) is 5.02. The number of hydrogen-bond acceptors (Lipinski definition) is 5. The quantitative estimate of drug-likeness (QED) is 0.138. The minimum atomic E-state index is -0.522. The summed E-state index contributed by atoms with van der Waals surface area (Å²) in [6, 6.07) is 27.6. The van der Waals surface area contributed by atoms with E-state index in [9.17, 15) is 9.59 Å². The molecule has 4 rings (SSSR count). The van der Waals surface area contributed by atoms with E-state index in [1.54, 1.807) is 30.3 Å². The van der Waals surface area contributed by atoms with Crippen molar-refractivity contribution >= 4 is 34.9 Å². The van der Waals surface area contributed by atoms with Gasteiger partial charge in [-0.25, -0.2) is 10.2 Å². The molecule has 0 fully saturated rings. The minimum Gasteiger partial charge on any atom is -0.493 e. The highest BCUT2D eigenvalue weighted by atomic mass is 16.6. The van der Waals surface area contributed by atoms with Crippen molar-refractivity contribution in [1.29, 1.82) is 0 Å². The molecular formula is C28H22N2O4. The standard InChI is InChI=1S/C28H22N2O4/c1-33-26-18-21(14-16-25(26)34-27(31)17-15-20-8-3-2-4-9-20)19-29-30-28(32)24-13-7-11-22-10-5-6-12-23(22)24/h2-19H,1H3,(H,30,32)/b17-15+,29-19-. The van der Waals surface area contributed by atoms with E-state index in [2.05, 4.69) is 10.5 Å². The molecule has 1 N–H and O–H groups in total. The molecular weight excluding hydrogens is 428 g/mol. The molecule has 6 nitrogen and oxygen atoms in total. The maximum atomic E-state index is 12.6. The monoisotopic (exact) mass is 450 g/mol. The first-order valence-corrected chi connectivity index (χ1v) is 10.6. The Morgan fingerprint density at radius 3 is 2.41 bits per heavy atom. The molecule has 0 saturated carbocycles. The van der Waals surface area contributed by atoms with Gasteiger partial charge in [0, 0.05) is 11.6 Å². The Bertz CT molecular complexity index is 1370. The van der Waals surface area contributed by atoms with Gasteiger partial charge in [-0.05, 0) is 52.2 Å². The lowest BCUT2D eigenvalue weighted by molar-refractivity contribution is -0.129. The molecule has 0 heterocycles. The van der Waals surface area contributed by atoms with Crippen LogP contribution in [0.15, 0.2) is 102 Å². The van der Waals surface area contributed by atoms with Crippen molar-refractivity contribution in [1.82, 2.24) is 5.43 Å². The SMILES string of the molecule is COc1cc(/C=N\NC(=O)c2cccc3ccccc23)ccc1OC(=O)/C=C/c1ccccc1. The Labute approximate surface area is 197 Å². The summed E-state index contributed by atoms with van der Waals surface area (Å²) in [4.78, 5) is 24.8. The first-order chi connectivity index (χ1) is 16.6. The topological polar surface area (TPSA) is 77.0 Å². The van der Waals surface area contributed by atoms with E-state index in [1.165, 1.54) is 19.4 Å². The van der Waals surface area contributed by atoms with Gasteiger partial charge in [0.15, 0.2) is 11.5 Å². The lowest BCUT2D eigenvalue weighted by Crippen LogP contribution is -2.17. The van der Waals surface area contributed by atoms with E-state index < -0.39 is 5.97 Å². The van der Waals surface area contributed by atoms with E-state index in [-0.39, 0.29) is 11.7 Å². The lowest BCUT2D eigenvalue weighted by atomic mass is 10.0. The van der Waals surface area contributed by atoms with Crippen molar-refractivity contribution in [2.24, 2.45) is 5.10 Å². The van der Waals surface area contributed by atoms with Crippen LogP contribution < -0.4 is 14.9 Å². The molecule has 0 atom stereocenters. The maximum absolute atomic E-state index is 12.6. The number of carbonyl (C=O) groups is 2. The van der Waals surface area contributed by atoms with Crippen LogP contribution in [0.2, 0.25) is 0 Å². The molecule has 0 aliphatic heterocycles. The third kappa shape index (κ3) is 5.55. The van der Waals surface area contributed by atoms with Crippen LogP contribution >= 0.6 is 0 Å². The summed E-state index contributed by atoms with van der Waals surface area (Å²) in [6.45, 7) is 0. The number of fused-ring (bicyclic) bond motifs is 1. The van der Waals surface area contributed by atoms with E-state index in [4.69, 9.17) is 9.47 Å². The highest BCUT2D eigenvalue weighted by Crippen LogP contribution is 2.28. The van der Waals surface area contributed by atoms with Gasteiger partial charge in [0.2, 0.25) is 0 Å². The van der Waals surface area contributed by atoms with E-state index in [1.807, 2.05) is 66.7 Å². The molecule has 1 amide bonds. The summed E-state index contributed by atoms with van der Waals surface area (Å²) < 4.78 is 10.7. The number of amides is 1. The van der Waals surface area contributed by atoms with Crippen molar-refractivity contribution in [2.75, 3.05) is 7.11 Å². The van der Waals surface area contributed by atoms with Crippen LogP contribution in [0.25, 0.3) is 16.8 Å². The number of nitrogens with zero attached hydrogens (tertiary/aromatic N) is 1. The second-order valence-electron chi connectivity index (χ2n) is 7.30. The van der Waals surface area contributed by atoms with Gasteiger partial charge in [-0.3, -0.25) is 4.79 Å². The van der Waals surface area contributed by atoms with Crippen LogP contribution in [0, 0.1) is 0 Å². The molecule has 6 heteroatoms. The first-order valence-electron chi connectivity index (χ1n) is 10.6. The van der Waals surface area contributed by atoms with Gasteiger partial charge in [-0.2, -0.15) is 5.10 Å². The van der Waals surface area contributed by atoms with Crippen molar-refractivity contribution in [3.8, 4) is 11.5 Å². The highest BCUT2D eigenvalue weighted by Gasteiger charge is 2.10. The molecule has 0 saturated heterocycles. The van der Waals surface area contributed by atoms with E-state index in [0.29, 0.717) is 16.9 Å². The summed E-state index contributed by atoms with van der Waals surface area (Å²) in [7, 11) is 1.48. The van der Waals surface area contributed by atoms with Gasteiger partial charge < -0.3 is 9.47 Å². The summed E-state index contributed by atoms with van der Waals surface area (Å²) in [5, 5.41) is 5.89. The zero-order valence-electron chi connectivity index (χ0n) is 18.5. The van der Waals surface area contributed by atoms with Crippen molar-refractivity contribution in [2.45, 2.75) is 0 Å². The number of esters is 1. The number of carbonyl (C=O) groups excluding carboxylic acids is 2. The normalized spacial score (nSPS) is 11.1. The van der Waals surface area contributed by atoms with Crippen LogP contribution in [0.4, 0.5) is 0 Å². The highest BCUT2D eigenvalue weighted by molar-refractivity contribution is 6.07. The molecule has 168 valence electrons. The minimum absolute atomic E-state index is 0.280. The Balaban J connectivity index is 1.41. The second-order valence-corrected chi connectivity index (χ2v) is 7.30. The summed E-state index contributed by atoms with van der Waals surface area (Å²) >= 11 is 0. The van der Waals surface area contributed by atoms with Crippen LogP contribution in [0.1, 0.15) is 21.5 Å². The summed E-state index contributed by atoms with van der Waals surface area (Å²) in [6.07, 6.45) is 4.52. The van der Waals surface area contributed by atoms with Gasteiger partial charge in [0.25, 0.3) is 5.91 Å². The molecule has 0 bridgehead atoms. The Morgan fingerprint density at radius 2 is 1.59 bits per heavy atom. The molecule has 4 aromatic carbocycles. The van der Waals surface area contributed by atoms with Crippen LogP contribution in [0.5, 0.6) is 11.5 Å². The molecule has 0 spiro atoms. The molecule has 0 aliphatic rings. The average Bonchev–Trinajstić information content (AvgIpc) is 2.88. The number of hydrazone groups is 1. The largest absolute Gasteiger partial charge is 0.493 e. The Kier molecular flexibility index (Phi) is 7.10. The van der Waals surface area contributed by atoms with Crippen LogP contribution in [-0.2, 0) is 4.79 Å². The summed E-state index contributed by atoms with van der Waals surface area (Å²) in [5.74, 6) is -0.186. The smallest absolute Gasteiger partial charge is 0.336 e. The fourth-order valence-corrected chi connectivity index (χ4v) is 3.37. The van der Waals surface area contributed by atoms with Gasteiger partial charge >= 0.3 is 5.97 Å². The molecule has 0 aliphatic carbocycles. The van der Waals surface area contributed by atoms with E-state index in [0.717, 1.165) is 16.3 Å². The predicted molar refractivity (Wildman–Crippen MR) is 133 cm³/mol. The fraction of sp³-hybridized carbons (Fsp3) is 0.0357. The lowest BCUT2D eigenvalue weighted by Gasteiger charge is -2.08. The van der Waals surface area contributed by atoms with Crippen molar-refractivity contribution in [3.63, 3.8) is 0 Å². The Hall–Kier alpha value is -4.71. The molecule has 0 radical (unpaired) electrons. The fourth-order valence-electron chi connectivity index (χ4n) is 3.37. The maximum Gasteiger partial charge on any atom is 0.336 e. The number of hydrogen-bond donors (Lipinski definition) is 1. The first kappa shape index (κ1) is 22.5. The molecule has 0 unspecified atom stereocenters. The van der Waals surface area contributed by atoms with E-state index >= 15 is 0 Å². The predicted octanol–water partition coefficient (Wildman–Crippen LogP) is 5.23.